The van der Waals surface area contributed by atoms with Gasteiger partial charge in [0.15, 0.2) is 0 Å². The van der Waals surface area contributed by atoms with Crippen LogP contribution in [0.2, 0.25) is 5.02 Å². The molecule has 0 aliphatic carbocycles. The highest BCUT2D eigenvalue weighted by atomic mass is 79.9. The lowest BCUT2D eigenvalue weighted by atomic mass is 9.98. The average molecular weight is 331 g/mol. The Morgan fingerprint density at radius 2 is 2.24 bits per heavy atom. The van der Waals surface area contributed by atoms with E-state index in [0.29, 0.717) is 5.92 Å². The summed E-state index contributed by atoms with van der Waals surface area (Å²) in [4.78, 5) is 5.46. The summed E-state index contributed by atoms with van der Waals surface area (Å²) in [5.74, 6) is 0.592. The molecule has 0 fully saturated rings. The summed E-state index contributed by atoms with van der Waals surface area (Å²) in [5, 5.41) is 1.81. The van der Waals surface area contributed by atoms with Crippen molar-refractivity contribution in [3.8, 4) is 0 Å². The van der Waals surface area contributed by atoms with Gasteiger partial charge < -0.3 is 0 Å². The van der Waals surface area contributed by atoms with Crippen molar-refractivity contribution >= 4 is 38.9 Å². The minimum Gasteiger partial charge on any atom is -0.253 e. The van der Waals surface area contributed by atoms with Crippen LogP contribution >= 0.6 is 38.9 Å². The zero-order chi connectivity index (χ0) is 12.1. The molecule has 1 atom stereocenters. The third-order valence-electron chi connectivity index (χ3n) is 2.60. The zero-order valence-electron chi connectivity index (χ0n) is 9.27. The number of halogens is 2. The van der Waals surface area contributed by atoms with Crippen LogP contribution in [0.5, 0.6) is 0 Å². The standard InChI is InChI=1S/C13H13BrClNS/c14-7-11(6-13-8-16-9-17-13)4-10-2-1-3-12(15)5-10/h1-3,5,8-9,11H,4,6-7H2. The first-order chi connectivity index (χ1) is 8.28. The van der Waals surface area contributed by atoms with Crippen molar-refractivity contribution in [1.82, 2.24) is 4.98 Å². The highest BCUT2D eigenvalue weighted by Crippen LogP contribution is 2.20. The number of thiazole rings is 1. The molecule has 4 heteroatoms. The summed E-state index contributed by atoms with van der Waals surface area (Å²) in [6, 6.07) is 8.10. The number of hydrogen-bond donors (Lipinski definition) is 0. The van der Waals surface area contributed by atoms with Gasteiger partial charge in [-0.05, 0) is 36.5 Å². The van der Waals surface area contributed by atoms with Gasteiger partial charge in [-0.2, -0.15) is 0 Å². The van der Waals surface area contributed by atoms with Gasteiger partial charge in [-0.15, -0.1) is 11.3 Å². The maximum absolute atomic E-state index is 5.99. The summed E-state index contributed by atoms with van der Waals surface area (Å²) in [6.07, 6.45) is 4.07. The minimum absolute atomic E-state index is 0.592. The predicted octanol–water partition coefficient (Wildman–Crippen LogP) is 4.59. The molecule has 0 radical (unpaired) electrons. The van der Waals surface area contributed by atoms with Gasteiger partial charge in [-0.25, -0.2) is 0 Å². The van der Waals surface area contributed by atoms with E-state index in [1.807, 2.05) is 29.9 Å². The summed E-state index contributed by atoms with van der Waals surface area (Å²) >= 11 is 11.3. The van der Waals surface area contributed by atoms with Gasteiger partial charge in [-0.1, -0.05) is 39.7 Å². The van der Waals surface area contributed by atoms with E-state index in [4.69, 9.17) is 11.6 Å². The van der Waals surface area contributed by atoms with Crippen molar-refractivity contribution in [2.45, 2.75) is 12.8 Å². The lowest BCUT2D eigenvalue weighted by Crippen LogP contribution is -2.09. The summed E-state index contributed by atoms with van der Waals surface area (Å²) < 4.78 is 0. The largest absolute Gasteiger partial charge is 0.253 e. The molecule has 0 amide bonds. The van der Waals surface area contributed by atoms with Gasteiger partial charge in [0.05, 0.1) is 5.51 Å². The molecule has 1 heterocycles. The van der Waals surface area contributed by atoms with Crippen LogP contribution in [0.4, 0.5) is 0 Å². The second-order valence-electron chi connectivity index (χ2n) is 4.03. The van der Waals surface area contributed by atoms with E-state index in [1.165, 1.54) is 10.4 Å². The van der Waals surface area contributed by atoms with Gasteiger partial charge in [0.2, 0.25) is 0 Å². The Kier molecular flexibility index (Phi) is 5.01. The first-order valence-corrected chi connectivity index (χ1v) is 7.83. The van der Waals surface area contributed by atoms with E-state index < -0.39 is 0 Å². The molecule has 1 nitrogen and oxygen atoms in total. The fourth-order valence-corrected chi connectivity index (χ4v) is 3.19. The van der Waals surface area contributed by atoms with Crippen LogP contribution in [0.25, 0.3) is 0 Å². The van der Waals surface area contributed by atoms with E-state index >= 15 is 0 Å². The summed E-state index contributed by atoms with van der Waals surface area (Å²) in [7, 11) is 0. The minimum atomic E-state index is 0.592. The molecular weight excluding hydrogens is 318 g/mol. The normalized spacial score (nSPS) is 12.6. The van der Waals surface area contributed by atoms with Crippen molar-refractivity contribution in [2.24, 2.45) is 5.92 Å². The number of alkyl halides is 1. The second-order valence-corrected chi connectivity index (χ2v) is 6.08. The SMILES string of the molecule is Clc1cccc(CC(CBr)Cc2cncs2)c1. The Hall–Kier alpha value is -0.380. The highest BCUT2D eigenvalue weighted by molar-refractivity contribution is 9.09. The first kappa shape index (κ1) is 13.1. The Labute approximate surface area is 119 Å². The molecular formula is C13H13BrClNS. The van der Waals surface area contributed by atoms with E-state index in [1.54, 1.807) is 11.3 Å². The monoisotopic (exact) mass is 329 g/mol. The van der Waals surface area contributed by atoms with Crippen molar-refractivity contribution in [3.63, 3.8) is 0 Å². The molecule has 1 aromatic heterocycles. The van der Waals surface area contributed by atoms with Gasteiger partial charge in [0.25, 0.3) is 0 Å². The van der Waals surface area contributed by atoms with Crippen molar-refractivity contribution < 1.29 is 0 Å². The quantitative estimate of drug-likeness (QED) is 0.731. The molecule has 0 aliphatic heterocycles. The number of benzene rings is 1. The summed E-state index contributed by atoms with van der Waals surface area (Å²) in [6.45, 7) is 0. The fourth-order valence-electron chi connectivity index (χ4n) is 1.81. The number of rotatable bonds is 5. The third kappa shape index (κ3) is 4.09. The highest BCUT2D eigenvalue weighted by Gasteiger charge is 2.10. The molecule has 1 unspecified atom stereocenters. The van der Waals surface area contributed by atoms with Crippen LogP contribution in [0.3, 0.4) is 0 Å². The zero-order valence-corrected chi connectivity index (χ0v) is 12.4. The van der Waals surface area contributed by atoms with Crippen LogP contribution in [0.1, 0.15) is 10.4 Å². The molecule has 90 valence electrons. The van der Waals surface area contributed by atoms with Crippen LogP contribution in [-0.2, 0) is 12.8 Å². The molecule has 17 heavy (non-hydrogen) atoms. The first-order valence-electron chi connectivity index (χ1n) is 5.45. The molecule has 2 aromatic rings. The molecule has 0 N–H and O–H groups in total. The molecule has 1 aromatic carbocycles. The average Bonchev–Trinajstić information content (AvgIpc) is 2.81. The maximum Gasteiger partial charge on any atom is 0.0794 e. The van der Waals surface area contributed by atoms with Gasteiger partial charge >= 0.3 is 0 Å². The van der Waals surface area contributed by atoms with E-state index in [2.05, 4.69) is 27.0 Å². The second kappa shape index (κ2) is 6.53. The lowest BCUT2D eigenvalue weighted by molar-refractivity contribution is 0.596. The Morgan fingerprint density at radius 1 is 1.35 bits per heavy atom. The van der Waals surface area contributed by atoms with Gasteiger partial charge in [0, 0.05) is 21.4 Å². The van der Waals surface area contributed by atoms with Crippen LogP contribution in [-0.4, -0.2) is 10.3 Å². The molecule has 0 spiro atoms. The molecule has 0 bridgehead atoms. The summed E-state index contributed by atoms with van der Waals surface area (Å²) in [5.41, 5.74) is 3.19. The van der Waals surface area contributed by atoms with Crippen molar-refractivity contribution in [1.29, 1.82) is 0 Å². The van der Waals surface area contributed by atoms with E-state index in [-0.39, 0.29) is 0 Å². The van der Waals surface area contributed by atoms with Crippen LogP contribution in [0, 0.1) is 5.92 Å². The molecule has 0 saturated heterocycles. The number of nitrogens with zero attached hydrogens (tertiary/aromatic N) is 1. The van der Waals surface area contributed by atoms with E-state index in [9.17, 15) is 0 Å². The van der Waals surface area contributed by atoms with E-state index in [0.717, 1.165) is 23.2 Å². The van der Waals surface area contributed by atoms with Crippen molar-refractivity contribution in [3.05, 3.63) is 51.4 Å². The fraction of sp³-hybridized carbons (Fsp3) is 0.308. The number of aromatic nitrogens is 1. The predicted molar refractivity (Wildman–Crippen MR) is 78.3 cm³/mol. The topological polar surface area (TPSA) is 12.9 Å². The molecule has 0 aliphatic rings. The smallest absolute Gasteiger partial charge is 0.0794 e. The molecule has 0 saturated carbocycles. The maximum atomic E-state index is 5.99. The Balaban J connectivity index is 2.00. The van der Waals surface area contributed by atoms with Gasteiger partial charge in [0.1, 0.15) is 0 Å². The van der Waals surface area contributed by atoms with Crippen molar-refractivity contribution in [2.75, 3.05) is 5.33 Å². The Morgan fingerprint density at radius 3 is 2.88 bits per heavy atom. The van der Waals surface area contributed by atoms with Gasteiger partial charge in [-0.3, -0.25) is 4.98 Å². The third-order valence-corrected chi connectivity index (χ3v) is 4.56. The Bertz CT molecular complexity index is 458. The molecule has 2 rings (SSSR count). The van der Waals surface area contributed by atoms with Crippen LogP contribution < -0.4 is 0 Å². The number of hydrogen-bond acceptors (Lipinski definition) is 2. The lowest BCUT2D eigenvalue weighted by Gasteiger charge is -2.12. The van der Waals surface area contributed by atoms with Crippen LogP contribution in [0.15, 0.2) is 36.0 Å².